The van der Waals surface area contributed by atoms with E-state index in [-0.39, 0.29) is 6.04 Å². The fourth-order valence-electron chi connectivity index (χ4n) is 5.19. The summed E-state index contributed by atoms with van der Waals surface area (Å²) in [5, 5.41) is 48.3. The lowest BCUT2D eigenvalue weighted by Crippen LogP contribution is -2.27. The van der Waals surface area contributed by atoms with Crippen LogP contribution in [0.3, 0.4) is 0 Å². The van der Waals surface area contributed by atoms with E-state index >= 15 is 0 Å². The molecular weight excluding hydrogens is 756 g/mol. The number of nitrogens with one attached hydrogen (secondary N) is 1. The van der Waals surface area contributed by atoms with E-state index in [2.05, 4.69) is 51.6 Å². The molecule has 1 saturated heterocycles. The molecule has 1 aliphatic rings. The third-order valence-electron chi connectivity index (χ3n) is 8.01. The number of nitrogens with two attached hydrogens (primary N) is 2. The van der Waals surface area contributed by atoms with Crippen LogP contribution in [0, 0.1) is 62.7 Å². The van der Waals surface area contributed by atoms with Crippen LogP contribution in [-0.2, 0) is 0 Å². The van der Waals surface area contributed by atoms with Crippen molar-refractivity contribution in [2.45, 2.75) is 19.4 Å². The number of fused-ring (bicyclic) bond motifs is 3. The van der Waals surface area contributed by atoms with Crippen LogP contribution in [-0.4, -0.2) is 39.0 Å². The van der Waals surface area contributed by atoms with Gasteiger partial charge in [-0.05, 0) is 98.1 Å². The molecular formula is C38H29ClN12S3. The Labute approximate surface area is 328 Å². The van der Waals surface area contributed by atoms with E-state index in [0.29, 0.717) is 43.5 Å². The van der Waals surface area contributed by atoms with Gasteiger partial charge < -0.3 is 21.7 Å². The number of anilines is 3. The second kappa shape index (κ2) is 18.3. The third-order valence-corrected chi connectivity index (χ3v) is 10.9. The molecule has 1 fully saturated rings. The van der Waals surface area contributed by atoms with Crippen molar-refractivity contribution in [1.29, 1.82) is 26.3 Å². The second-order valence-corrected chi connectivity index (χ2v) is 15.4. The smallest absolute Gasteiger partial charge is 0.184 e. The Bertz CT molecular complexity index is 2520. The van der Waals surface area contributed by atoms with Crippen molar-refractivity contribution in [3.05, 3.63) is 106 Å². The van der Waals surface area contributed by atoms with E-state index in [4.69, 9.17) is 49.4 Å². The minimum absolute atomic E-state index is 0.277. The second-order valence-electron chi connectivity index (χ2n) is 11.7. The molecule has 4 aromatic carbocycles. The zero-order chi connectivity index (χ0) is 38.6. The predicted octanol–water partition coefficient (Wildman–Crippen LogP) is 8.48. The molecule has 3 aromatic heterocycles. The number of benzene rings is 4. The standard InChI is InChI=1S/C15H15N5S.C8H3ClN2S.C8H5N3S.C7H6N2/c1-10(12-4-5-20(8-12)9-17)18-15-19-13-3-2-11(7-16)6-14(13)21-15;9-8-11-6-2-1-5(4-10)3-7(6)12-8;9-4-5-1-2-6-7(3-5)12-8(10)11-6;8-5-6-1-3-7(9)4-2-6/h2-3,6,10,12H,4-5,8H2,1H3,(H,18,19);1-3H;1-3H,(H2,10,11);1-4H,9H2. The van der Waals surface area contributed by atoms with Gasteiger partial charge in [0.1, 0.15) is 0 Å². The minimum Gasteiger partial charge on any atom is -0.399 e. The van der Waals surface area contributed by atoms with E-state index in [9.17, 15) is 0 Å². The molecule has 16 heteroatoms. The molecule has 12 nitrogen and oxygen atoms in total. The van der Waals surface area contributed by atoms with E-state index < -0.39 is 0 Å². The highest BCUT2D eigenvalue weighted by atomic mass is 35.5. The van der Waals surface area contributed by atoms with Crippen molar-refractivity contribution >= 4 is 92.2 Å². The van der Waals surface area contributed by atoms with Crippen LogP contribution in [0.5, 0.6) is 0 Å². The average Bonchev–Trinajstić information content (AvgIpc) is 3.99. The fourth-order valence-corrected chi connectivity index (χ4v) is 8.04. The zero-order valence-electron chi connectivity index (χ0n) is 28.6. The Morgan fingerprint density at radius 3 is 1.74 bits per heavy atom. The molecule has 0 saturated carbocycles. The molecule has 0 radical (unpaired) electrons. The van der Waals surface area contributed by atoms with Gasteiger partial charge in [-0.3, -0.25) is 0 Å². The number of nitrogens with zero attached hydrogens (tertiary/aromatic N) is 9. The molecule has 0 spiro atoms. The summed E-state index contributed by atoms with van der Waals surface area (Å²) in [6.07, 6.45) is 3.24. The summed E-state index contributed by atoms with van der Waals surface area (Å²) in [4.78, 5) is 14.5. The minimum atomic E-state index is 0.277. The van der Waals surface area contributed by atoms with Gasteiger partial charge in [-0.15, -0.1) is 11.3 Å². The van der Waals surface area contributed by atoms with Crippen molar-refractivity contribution in [2.24, 2.45) is 5.92 Å². The largest absolute Gasteiger partial charge is 0.399 e. The van der Waals surface area contributed by atoms with Crippen molar-refractivity contribution in [3.8, 4) is 30.5 Å². The number of aromatic nitrogens is 3. The first-order valence-corrected chi connectivity index (χ1v) is 18.9. The number of likely N-dealkylation sites (tertiary alicyclic amines) is 1. The van der Waals surface area contributed by atoms with Crippen molar-refractivity contribution in [3.63, 3.8) is 0 Å². The Morgan fingerprint density at radius 1 is 0.704 bits per heavy atom. The van der Waals surface area contributed by atoms with Gasteiger partial charge in [0.15, 0.2) is 20.9 Å². The summed E-state index contributed by atoms with van der Waals surface area (Å²) in [6, 6.07) is 31.6. The normalized spacial score (nSPS) is 13.3. The Balaban J connectivity index is 0.000000147. The van der Waals surface area contributed by atoms with E-state index in [1.165, 1.54) is 22.7 Å². The number of hydrogen-bond donors (Lipinski definition) is 3. The molecule has 0 aliphatic carbocycles. The van der Waals surface area contributed by atoms with E-state index in [1.807, 2.05) is 18.2 Å². The summed E-state index contributed by atoms with van der Waals surface area (Å²) in [6.45, 7) is 3.80. The van der Waals surface area contributed by atoms with Crippen LogP contribution in [0.25, 0.3) is 30.6 Å². The zero-order valence-corrected chi connectivity index (χ0v) is 31.8. The lowest BCUT2D eigenvalue weighted by molar-refractivity contribution is 0.432. The number of halogens is 1. The van der Waals surface area contributed by atoms with Gasteiger partial charge in [0.25, 0.3) is 0 Å². The summed E-state index contributed by atoms with van der Waals surface area (Å²) in [5.41, 5.74) is 16.8. The molecule has 7 aromatic rings. The molecule has 2 atom stereocenters. The Morgan fingerprint density at radius 2 is 1.20 bits per heavy atom. The van der Waals surface area contributed by atoms with Crippen LogP contribution >= 0.6 is 45.6 Å². The van der Waals surface area contributed by atoms with Gasteiger partial charge in [0.2, 0.25) is 0 Å². The summed E-state index contributed by atoms with van der Waals surface area (Å²) in [7, 11) is 0. The van der Waals surface area contributed by atoms with Gasteiger partial charge in [0.05, 0.1) is 77.2 Å². The monoisotopic (exact) mass is 784 g/mol. The number of nitriles is 5. The van der Waals surface area contributed by atoms with Crippen LogP contribution in [0.15, 0.2) is 78.9 Å². The first-order chi connectivity index (χ1) is 26.1. The maximum absolute atomic E-state index is 8.93. The summed E-state index contributed by atoms with van der Waals surface area (Å²) in [5.74, 6) is 0.464. The van der Waals surface area contributed by atoms with Crippen molar-refractivity contribution < 1.29 is 0 Å². The average molecular weight is 785 g/mol. The fraction of sp³-hybridized carbons (Fsp3) is 0.158. The van der Waals surface area contributed by atoms with Crippen LogP contribution in [0.1, 0.15) is 35.6 Å². The van der Waals surface area contributed by atoms with Crippen molar-refractivity contribution in [1.82, 2.24) is 19.9 Å². The third kappa shape index (κ3) is 10.3. The molecule has 8 rings (SSSR count). The first kappa shape index (κ1) is 38.7. The van der Waals surface area contributed by atoms with Gasteiger partial charge in [0, 0.05) is 24.8 Å². The number of hydrogen-bond acceptors (Lipinski definition) is 15. The van der Waals surface area contributed by atoms with Crippen LogP contribution in [0.2, 0.25) is 4.47 Å². The highest BCUT2D eigenvalue weighted by molar-refractivity contribution is 7.22. The Hall–Kier alpha value is -6.51. The maximum atomic E-state index is 8.93. The van der Waals surface area contributed by atoms with E-state index in [1.54, 1.807) is 83.0 Å². The topological polar surface area (TPSA) is 225 Å². The van der Waals surface area contributed by atoms with Gasteiger partial charge in [-0.1, -0.05) is 34.3 Å². The molecule has 5 N–H and O–H groups in total. The molecule has 2 unspecified atom stereocenters. The van der Waals surface area contributed by atoms with Crippen molar-refractivity contribution in [2.75, 3.05) is 29.9 Å². The summed E-state index contributed by atoms with van der Waals surface area (Å²) >= 11 is 10.1. The number of rotatable bonds is 3. The van der Waals surface area contributed by atoms with Crippen LogP contribution < -0.4 is 16.8 Å². The predicted molar refractivity (Wildman–Crippen MR) is 216 cm³/mol. The lowest BCUT2D eigenvalue weighted by Gasteiger charge is -2.19. The molecule has 0 bridgehead atoms. The van der Waals surface area contributed by atoms with Gasteiger partial charge in [-0.25, -0.2) is 15.0 Å². The Kier molecular flexibility index (Phi) is 13.1. The number of thiazole rings is 3. The SMILES string of the molecule is CC(Nc1nc2ccc(C#N)cc2s1)C1CCN(C#N)C1.N#Cc1ccc(N)cc1.N#Cc1ccc2nc(Cl)sc2c1.N#Cc1ccc2nc(N)sc2c1. The van der Waals surface area contributed by atoms with E-state index in [0.717, 1.165) is 55.3 Å². The number of nitrogen functional groups attached to an aromatic ring is 2. The maximum Gasteiger partial charge on any atom is 0.184 e. The summed E-state index contributed by atoms with van der Waals surface area (Å²) < 4.78 is 3.46. The molecule has 0 amide bonds. The molecule has 4 heterocycles. The first-order valence-electron chi connectivity index (χ1n) is 16.1. The molecule has 54 heavy (non-hydrogen) atoms. The quantitative estimate of drug-likeness (QED) is 0.113. The van der Waals surface area contributed by atoms with Crippen LogP contribution in [0.4, 0.5) is 16.0 Å². The van der Waals surface area contributed by atoms with Gasteiger partial charge in [-0.2, -0.15) is 26.3 Å². The molecule has 266 valence electrons. The van der Waals surface area contributed by atoms with Gasteiger partial charge >= 0.3 is 0 Å². The molecule has 1 aliphatic heterocycles. The highest BCUT2D eigenvalue weighted by Gasteiger charge is 2.27. The lowest BCUT2D eigenvalue weighted by atomic mass is 10.0. The highest BCUT2D eigenvalue weighted by Crippen LogP contribution is 2.30.